The van der Waals surface area contributed by atoms with Crippen molar-refractivity contribution >= 4 is 28.7 Å². The molecule has 0 spiro atoms. The van der Waals surface area contributed by atoms with Crippen molar-refractivity contribution < 1.29 is 24.0 Å². The molecular weight excluding hydrogens is 354 g/mol. The van der Waals surface area contributed by atoms with E-state index in [9.17, 15) is 19.7 Å². The van der Waals surface area contributed by atoms with Crippen LogP contribution in [0.25, 0.3) is 11.0 Å². The van der Waals surface area contributed by atoms with E-state index in [1.807, 2.05) is 0 Å². The Morgan fingerprint density at radius 3 is 2.33 bits per heavy atom. The first kappa shape index (κ1) is 18.1. The van der Waals surface area contributed by atoms with Crippen molar-refractivity contribution in [1.82, 2.24) is 9.97 Å². The number of esters is 2. The van der Waals surface area contributed by atoms with Crippen molar-refractivity contribution in [3.8, 4) is 0 Å². The smallest absolute Gasteiger partial charge is 0.338 e. The molecule has 0 fully saturated rings. The van der Waals surface area contributed by atoms with Crippen LogP contribution in [0.15, 0.2) is 42.5 Å². The number of hydrogen-bond acceptors (Lipinski definition) is 7. The molecule has 0 aliphatic rings. The number of fused-ring (bicyclic) bond motifs is 1. The number of methoxy groups -OCH3 is 1. The number of rotatable bonds is 5. The van der Waals surface area contributed by atoms with Crippen LogP contribution in [0.1, 0.15) is 39.6 Å². The molecule has 1 atom stereocenters. The van der Waals surface area contributed by atoms with E-state index in [4.69, 9.17) is 4.74 Å². The van der Waals surface area contributed by atoms with Crippen LogP contribution >= 0.6 is 0 Å². The van der Waals surface area contributed by atoms with Crippen molar-refractivity contribution in [2.75, 3.05) is 7.11 Å². The molecule has 1 N–H and O–H groups in total. The zero-order valence-electron chi connectivity index (χ0n) is 14.5. The molecule has 0 radical (unpaired) electrons. The predicted octanol–water partition coefficient (Wildman–Crippen LogP) is 3.18. The molecule has 9 heteroatoms. The summed E-state index contributed by atoms with van der Waals surface area (Å²) in [4.78, 5) is 41.2. The fourth-order valence-electron chi connectivity index (χ4n) is 2.47. The number of hydrogen-bond donors (Lipinski definition) is 1. The third-order valence-electron chi connectivity index (χ3n) is 3.91. The summed E-state index contributed by atoms with van der Waals surface area (Å²) in [5.74, 6) is -0.727. The third kappa shape index (κ3) is 3.76. The van der Waals surface area contributed by atoms with E-state index in [0.29, 0.717) is 22.4 Å². The Morgan fingerprint density at radius 1 is 1.11 bits per heavy atom. The number of H-pyrrole nitrogens is 1. The van der Waals surface area contributed by atoms with Gasteiger partial charge in [-0.05, 0) is 37.3 Å². The van der Waals surface area contributed by atoms with Crippen molar-refractivity contribution in [2.24, 2.45) is 0 Å². The van der Waals surface area contributed by atoms with E-state index in [-0.39, 0.29) is 11.3 Å². The molecule has 9 nitrogen and oxygen atoms in total. The van der Waals surface area contributed by atoms with Crippen LogP contribution in [0.2, 0.25) is 0 Å². The minimum absolute atomic E-state index is 0.0620. The molecule has 0 saturated carbocycles. The lowest BCUT2D eigenvalue weighted by Crippen LogP contribution is -2.11. The highest BCUT2D eigenvalue weighted by Gasteiger charge is 2.18. The minimum atomic E-state index is -0.704. The lowest BCUT2D eigenvalue weighted by molar-refractivity contribution is -0.384. The van der Waals surface area contributed by atoms with Gasteiger partial charge >= 0.3 is 11.9 Å². The predicted molar refractivity (Wildman–Crippen MR) is 94.4 cm³/mol. The lowest BCUT2D eigenvalue weighted by Gasteiger charge is -2.11. The summed E-state index contributed by atoms with van der Waals surface area (Å²) in [5, 5.41) is 10.8. The maximum Gasteiger partial charge on any atom is 0.338 e. The zero-order valence-corrected chi connectivity index (χ0v) is 14.5. The van der Waals surface area contributed by atoms with Gasteiger partial charge in [0, 0.05) is 12.1 Å². The first-order valence-corrected chi connectivity index (χ1v) is 7.92. The van der Waals surface area contributed by atoms with Crippen molar-refractivity contribution in [3.05, 3.63) is 69.5 Å². The summed E-state index contributed by atoms with van der Waals surface area (Å²) in [6.45, 7) is 1.63. The standard InChI is InChI=1S/C18H15N3O6/c1-10(16-19-14-8-7-13(21(24)25)9-15(14)20-16)27-18(23)12-5-3-11(4-6-12)17(22)26-2/h3-10H,1-2H3,(H,19,20). The average Bonchev–Trinajstić information content (AvgIpc) is 3.10. The maximum atomic E-state index is 12.3. The number of carbonyl (C=O) groups excluding carboxylic acids is 2. The summed E-state index contributed by atoms with van der Waals surface area (Å²) in [6, 6.07) is 10.1. The van der Waals surface area contributed by atoms with Crippen molar-refractivity contribution in [2.45, 2.75) is 13.0 Å². The molecule has 3 aromatic rings. The number of nitro groups is 1. The molecule has 0 bridgehead atoms. The zero-order chi connectivity index (χ0) is 19.6. The molecule has 138 valence electrons. The van der Waals surface area contributed by atoms with Gasteiger partial charge in [-0.2, -0.15) is 0 Å². The number of nitrogens with zero attached hydrogens (tertiary/aromatic N) is 2. The number of aromatic nitrogens is 2. The van der Waals surface area contributed by atoms with Crippen LogP contribution in [0, 0.1) is 10.1 Å². The van der Waals surface area contributed by atoms with E-state index < -0.39 is 23.0 Å². The van der Waals surface area contributed by atoms with Crippen molar-refractivity contribution in [3.63, 3.8) is 0 Å². The van der Waals surface area contributed by atoms with Gasteiger partial charge in [-0.25, -0.2) is 14.6 Å². The third-order valence-corrected chi connectivity index (χ3v) is 3.91. The van der Waals surface area contributed by atoms with Gasteiger partial charge in [-0.3, -0.25) is 10.1 Å². The number of nitro benzene ring substituents is 1. The first-order valence-electron chi connectivity index (χ1n) is 7.92. The number of ether oxygens (including phenoxy) is 2. The van der Waals surface area contributed by atoms with E-state index in [2.05, 4.69) is 14.7 Å². The van der Waals surface area contributed by atoms with E-state index in [1.165, 1.54) is 49.6 Å². The fourth-order valence-corrected chi connectivity index (χ4v) is 2.47. The molecule has 27 heavy (non-hydrogen) atoms. The average molecular weight is 369 g/mol. The second-order valence-corrected chi connectivity index (χ2v) is 5.70. The SMILES string of the molecule is COC(=O)c1ccc(C(=O)OC(C)c2nc3ccc([N+](=O)[O-])cc3[nH]2)cc1. The number of imidazole rings is 1. The van der Waals surface area contributed by atoms with Gasteiger partial charge in [0.05, 0.1) is 34.2 Å². The molecule has 0 amide bonds. The van der Waals surface area contributed by atoms with Gasteiger partial charge in [0.15, 0.2) is 6.10 Å². The molecule has 0 aliphatic heterocycles. The largest absolute Gasteiger partial charge is 0.465 e. The summed E-state index contributed by atoms with van der Waals surface area (Å²) in [7, 11) is 1.27. The molecule has 0 aliphatic carbocycles. The Bertz CT molecular complexity index is 1030. The fraction of sp³-hybridized carbons (Fsp3) is 0.167. The quantitative estimate of drug-likeness (QED) is 0.416. The molecule has 2 aromatic carbocycles. The Kier molecular flexibility index (Phi) is 4.84. The van der Waals surface area contributed by atoms with Crippen LogP contribution in [-0.4, -0.2) is 33.9 Å². The van der Waals surface area contributed by atoms with Gasteiger partial charge in [0.1, 0.15) is 5.82 Å². The molecule has 0 saturated heterocycles. The normalized spacial score (nSPS) is 11.8. The summed E-state index contributed by atoms with van der Waals surface area (Å²) < 4.78 is 9.97. The van der Waals surface area contributed by atoms with Crippen LogP contribution < -0.4 is 0 Å². The van der Waals surface area contributed by atoms with E-state index in [0.717, 1.165) is 0 Å². The van der Waals surface area contributed by atoms with Gasteiger partial charge in [-0.1, -0.05) is 0 Å². The molecule has 1 heterocycles. The number of nitrogens with one attached hydrogen (secondary N) is 1. The second-order valence-electron chi connectivity index (χ2n) is 5.70. The Labute approximate surface area is 153 Å². The molecule has 1 unspecified atom stereocenters. The molecule has 3 rings (SSSR count). The van der Waals surface area contributed by atoms with Crippen LogP contribution in [-0.2, 0) is 9.47 Å². The minimum Gasteiger partial charge on any atom is -0.465 e. The highest BCUT2D eigenvalue weighted by atomic mass is 16.6. The first-order chi connectivity index (χ1) is 12.9. The van der Waals surface area contributed by atoms with Gasteiger partial charge in [-0.15, -0.1) is 0 Å². The van der Waals surface area contributed by atoms with Gasteiger partial charge in [0.2, 0.25) is 0 Å². The van der Waals surface area contributed by atoms with Gasteiger partial charge in [0.25, 0.3) is 5.69 Å². The number of carbonyl (C=O) groups is 2. The summed E-state index contributed by atoms with van der Waals surface area (Å²) >= 11 is 0. The maximum absolute atomic E-state index is 12.3. The molecular formula is C18H15N3O6. The lowest BCUT2D eigenvalue weighted by atomic mass is 10.1. The molecule has 1 aromatic heterocycles. The summed E-state index contributed by atoms with van der Waals surface area (Å²) in [5.41, 5.74) is 1.53. The highest BCUT2D eigenvalue weighted by molar-refractivity contribution is 5.93. The van der Waals surface area contributed by atoms with Crippen LogP contribution in [0.3, 0.4) is 0 Å². The number of non-ortho nitro benzene ring substituents is 1. The Morgan fingerprint density at radius 2 is 1.74 bits per heavy atom. The van der Waals surface area contributed by atoms with Crippen LogP contribution in [0.5, 0.6) is 0 Å². The number of aromatic amines is 1. The second kappa shape index (κ2) is 7.24. The Balaban J connectivity index is 1.75. The Hall–Kier alpha value is -3.75. The monoisotopic (exact) mass is 369 g/mol. The summed E-state index contributed by atoms with van der Waals surface area (Å²) in [6.07, 6.45) is -0.704. The number of benzene rings is 2. The van der Waals surface area contributed by atoms with Crippen LogP contribution in [0.4, 0.5) is 5.69 Å². The van der Waals surface area contributed by atoms with E-state index in [1.54, 1.807) is 6.92 Å². The topological polar surface area (TPSA) is 124 Å². The van der Waals surface area contributed by atoms with Gasteiger partial charge < -0.3 is 14.5 Å². The van der Waals surface area contributed by atoms with E-state index >= 15 is 0 Å². The highest BCUT2D eigenvalue weighted by Crippen LogP contribution is 2.23. The van der Waals surface area contributed by atoms with Crippen molar-refractivity contribution in [1.29, 1.82) is 0 Å².